The molecule has 4 nitrogen and oxygen atoms in total. The van der Waals surface area contributed by atoms with E-state index in [4.69, 9.17) is 10.5 Å². The van der Waals surface area contributed by atoms with Gasteiger partial charge in [0.15, 0.2) is 0 Å². The maximum absolute atomic E-state index is 12.3. The van der Waals surface area contributed by atoms with Gasteiger partial charge in [-0.3, -0.25) is 4.79 Å². The summed E-state index contributed by atoms with van der Waals surface area (Å²) < 4.78 is 5.25. The van der Waals surface area contributed by atoms with Gasteiger partial charge in [0.05, 0.1) is 12.8 Å². The zero-order valence-electron chi connectivity index (χ0n) is 11.2. The van der Waals surface area contributed by atoms with E-state index in [9.17, 15) is 4.79 Å². The second kappa shape index (κ2) is 4.76. The molecular formula is C15H20N2O2. The van der Waals surface area contributed by atoms with E-state index in [-0.39, 0.29) is 11.8 Å². The summed E-state index contributed by atoms with van der Waals surface area (Å²) in [4.78, 5) is 12.3. The normalized spacial score (nSPS) is 28.4. The lowest BCUT2D eigenvalue weighted by Crippen LogP contribution is -2.16. The molecule has 19 heavy (non-hydrogen) atoms. The van der Waals surface area contributed by atoms with Gasteiger partial charge in [0.25, 0.3) is 0 Å². The van der Waals surface area contributed by atoms with Crippen LogP contribution in [-0.2, 0) is 4.79 Å². The van der Waals surface area contributed by atoms with Crippen LogP contribution < -0.4 is 15.8 Å². The van der Waals surface area contributed by atoms with Crippen molar-refractivity contribution >= 4 is 17.3 Å². The molecule has 2 aliphatic rings. The van der Waals surface area contributed by atoms with Crippen LogP contribution in [0.15, 0.2) is 18.2 Å². The van der Waals surface area contributed by atoms with Crippen LogP contribution in [0.2, 0.25) is 0 Å². The highest BCUT2D eigenvalue weighted by Gasteiger charge is 2.54. The van der Waals surface area contributed by atoms with Crippen molar-refractivity contribution in [2.45, 2.75) is 25.7 Å². The molecule has 0 radical (unpaired) electrons. The van der Waals surface area contributed by atoms with Crippen molar-refractivity contribution in [2.75, 3.05) is 18.2 Å². The van der Waals surface area contributed by atoms with Crippen LogP contribution in [0.4, 0.5) is 11.4 Å². The Labute approximate surface area is 113 Å². The van der Waals surface area contributed by atoms with Gasteiger partial charge in [-0.1, -0.05) is 12.8 Å². The Hall–Kier alpha value is -1.71. The Balaban J connectivity index is 1.71. The van der Waals surface area contributed by atoms with E-state index in [1.54, 1.807) is 25.3 Å². The van der Waals surface area contributed by atoms with E-state index in [0.29, 0.717) is 29.0 Å². The molecule has 2 fully saturated rings. The lowest BCUT2D eigenvalue weighted by molar-refractivity contribution is -0.117. The molecule has 1 aromatic rings. The Morgan fingerprint density at radius 2 is 2.00 bits per heavy atom. The number of rotatable bonds is 3. The van der Waals surface area contributed by atoms with Gasteiger partial charge in [-0.25, -0.2) is 0 Å². The third-order valence-corrected chi connectivity index (χ3v) is 4.44. The van der Waals surface area contributed by atoms with Gasteiger partial charge in [0.1, 0.15) is 5.75 Å². The smallest absolute Gasteiger partial charge is 0.228 e. The molecule has 3 rings (SSSR count). The maximum atomic E-state index is 12.3. The number of ether oxygens (including phenoxy) is 1. The lowest BCUT2D eigenvalue weighted by Gasteiger charge is -2.10. The first-order valence-electron chi connectivity index (χ1n) is 6.95. The molecule has 1 aromatic carbocycles. The first kappa shape index (κ1) is 12.3. The molecule has 102 valence electrons. The first-order chi connectivity index (χ1) is 9.20. The van der Waals surface area contributed by atoms with Crippen LogP contribution in [0.3, 0.4) is 0 Å². The van der Waals surface area contributed by atoms with Crippen molar-refractivity contribution in [1.29, 1.82) is 0 Å². The van der Waals surface area contributed by atoms with Crippen LogP contribution in [-0.4, -0.2) is 13.0 Å². The van der Waals surface area contributed by atoms with Gasteiger partial charge in [-0.15, -0.1) is 0 Å². The minimum absolute atomic E-state index is 0.126. The Bertz CT molecular complexity index is 489. The largest absolute Gasteiger partial charge is 0.495 e. The highest BCUT2D eigenvalue weighted by Crippen LogP contribution is 2.55. The number of methoxy groups -OCH3 is 1. The zero-order valence-corrected chi connectivity index (χ0v) is 11.2. The van der Waals surface area contributed by atoms with Crippen molar-refractivity contribution in [3.05, 3.63) is 18.2 Å². The quantitative estimate of drug-likeness (QED) is 0.821. The van der Waals surface area contributed by atoms with E-state index in [0.717, 1.165) is 0 Å². The molecule has 2 saturated carbocycles. The van der Waals surface area contributed by atoms with Crippen molar-refractivity contribution < 1.29 is 9.53 Å². The summed E-state index contributed by atoms with van der Waals surface area (Å²) in [6.07, 6.45) is 4.95. The van der Waals surface area contributed by atoms with Crippen LogP contribution >= 0.6 is 0 Å². The van der Waals surface area contributed by atoms with E-state index >= 15 is 0 Å². The number of nitrogens with two attached hydrogens (primary N) is 1. The molecule has 2 atom stereocenters. The Kier molecular flexibility index (Phi) is 3.09. The average molecular weight is 260 g/mol. The summed E-state index contributed by atoms with van der Waals surface area (Å²) in [7, 11) is 1.60. The van der Waals surface area contributed by atoms with E-state index in [2.05, 4.69) is 5.32 Å². The van der Waals surface area contributed by atoms with E-state index in [1.807, 2.05) is 0 Å². The van der Waals surface area contributed by atoms with Gasteiger partial charge in [-0.05, 0) is 42.9 Å². The summed E-state index contributed by atoms with van der Waals surface area (Å²) in [6.45, 7) is 0. The first-order valence-corrected chi connectivity index (χ1v) is 6.95. The van der Waals surface area contributed by atoms with Gasteiger partial charge >= 0.3 is 0 Å². The number of nitrogens with one attached hydrogen (secondary N) is 1. The number of benzene rings is 1. The number of amides is 1. The summed E-state index contributed by atoms with van der Waals surface area (Å²) in [6, 6.07) is 5.30. The third-order valence-electron chi connectivity index (χ3n) is 4.44. The summed E-state index contributed by atoms with van der Waals surface area (Å²) in [5, 5.41) is 2.98. The van der Waals surface area contributed by atoms with E-state index < -0.39 is 0 Å². The molecule has 2 aliphatic carbocycles. The van der Waals surface area contributed by atoms with Gasteiger partial charge in [0.2, 0.25) is 5.91 Å². The number of nitrogen functional groups attached to an aromatic ring is 1. The summed E-state index contributed by atoms with van der Waals surface area (Å²) in [5.74, 6) is 2.21. The monoisotopic (exact) mass is 260 g/mol. The van der Waals surface area contributed by atoms with Crippen LogP contribution in [0, 0.1) is 17.8 Å². The summed E-state index contributed by atoms with van der Waals surface area (Å²) >= 11 is 0. The maximum Gasteiger partial charge on any atom is 0.228 e. The molecule has 0 aromatic heterocycles. The Morgan fingerprint density at radius 3 is 2.63 bits per heavy atom. The highest BCUT2D eigenvalue weighted by atomic mass is 16.5. The van der Waals surface area contributed by atoms with Crippen LogP contribution in [0.1, 0.15) is 25.7 Å². The standard InChI is InChI=1S/C15H20N2O2/c1-19-13-7-6-9(16)8-12(13)17-15(18)14-10-4-2-3-5-11(10)14/h6-8,10-11,14H,2-5,16H2,1H3,(H,17,18). The fourth-order valence-electron chi connectivity index (χ4n) is 3.42. The van der Waals surface area contributed by atoms with Crippen molar-refractivity contribution in [2.24, 2.45) is 17.8 Å². The highest BCUT2D eigenvalue weighted by molar-refractivity contribution is 5.96. The molecule has 0 saturated heterocycles. The number of hydrogen-bond donors (Lipinski definition) is 2. The number of fused-ring (bicyclic) bond motifs is 1. The zero-order chi connectivity index (χ0) is 13.4. The molecule has 0 heterocycles. The summed E-state index contributed by atoms with van der Waals surface area (Å²) in [5.41, 5.74) is 7.07. The Morgan fingerprint density at radius 1 is 1.32 bits per heavy atom. The average Bonchev–Trinajstić information content (AvgIpc) is 3.13. The van der Waals surface area contributed by atoms with Crippen LogP contribution in [0.25, 0.3) is 0 Å². The minimum Gasteiger partial charge on any atom is -0.495 e. The van der Waals surface area contributed by atoms with Gasteiger partial charge < -0.3 is 15.8 Å². The fourth-order valence-corrected chi connectivity index (χ4v) is 3.42. The SMILES string of the molecule is COc1ccc(N)cc1NC(=O)C1C2CCCCC21. The van der Waals surface area contributed by atoms with Crippen molar-refractivity contribution in [1.82, 2.24) is 0 Å². The molecule has 0 spiro atoms. The topological polar surface area (TPSA) is 64.3 Å². The number of hydrogen-bond acceptors (Lipinski definition) is 3. The lowest BCUT2D eigenvalue weighted by atomic mass is 10.0. The minimum atomic E-state index is 0.126. The van der Waals surface area contributed by atoms with Gasteiger partial charge in [0, 0.05) is 11.6 Å². The second-order valence-corrected chi connectivity index (χ2v) is 5.59. The number of carbonyl (C=O) groups is 1. The van der Waals surface area contributed by atoms with Crippen molar-refractivity contribution in [3.63, 3.8) is 0 Å². The predicted molar refractivity (Wildman–Crippen MR) is 75.0 cm³/mol. The second-order valence-electron chi connectivity index (χ2n) is 5.59. The third kappa shape index (κ3) is 2.27. The van der Waals surface area contributed by atoms with Crippen molar-refractivity contribution in [3.8, 4) is 5.75 Å². The predicted octanol–water partition coefficient (Wildman–Crippen LogP) is 2.65. The molecule has 1 amide bonds. The molecular weight excluding hydrogens is 240 g/mol. The molecule has 0 aliphatic heterocycles. The molecule has 0 bridgehead atoms. The number of carbonyl (C=O) groups excluding carboxylic acids is 1. The van der Waals surface area contributed by atoms with Gasteiger partial charge in [-0.2, -0.15) is 0 Å². The molecule has 4 heteroatoms. The molecule has 3 N–H and O–H groups in total. The van der Waals surface area contributed by atoms with E-state index in [1.165, 1.54) is 25.7 Å². The fraction of sp³-hybridized carbons (Fsp3) is 0.533. The molecule has 2 unspecified atom stereocenters. The number of anilines is 2. The van der Waals surface area contributed by atoms with Crippen LogP contribution in [0.5, 0.6) is 5.75 Å².